The Kier molecular flexibility index (Phi) is 13.3. The fraction of sp³-hybridized carbons (Fsp3) is 0. The van der Waals surface area contributed by atoms with E-state index in [9.17, 15) is 0 Å². The summed E-state index contributed by atoms with van der Waals surface area (Å²) in [5.74, 6) is 0. The summed E-state index contributed by atoms with van der Waals surface area (Å²) in [5, 5.41) is 13.6. The van der Waals surface area contributed by atoms with Crippen LogP contribution in [0.25, 0.3) is 0 Å². The molecule has 0 aliphatic carbocycles. The van der Waals surface area contributed by atoms with Gasteiger partial charge < -0.3 is 5.21 Å². The third kappa shape index (κ3) is 1040. The van der Waals surface area contributed by atoms with Crippen LogP contribution in [0.3, 0.4) is 0 Å². The SMILES string of the molecule is O=S(=O)(O)O.O=[N+]([O-])O.[K]. The average molecular weight is 200 g/mol. The Labute approximate surface area is 98.3 Å². The van der Waals surface area contributed by atoms with Crippen LogP contribution in [0, 0.1) is 10.1 Å². The van der Waals surface area contributed by atoms with Crippen LogP contribution in [-0.4, -0.2) is 79.2 Å². The van der Waals surface area contributed by atoms with E-state index in [0.717, 1.165) is 0 Å². The first kappa shape index (κ1) is 17.0. The number of nitrogens with zero attached hydrogens (tertiary/aromatic N) is 1. The molecule has 3 N–H and O–H groups in total. The summed E-state index contributed by atoms with van der Waals surface area (Å²) in [4.78, 5) is 8.36. The molecule has 0 unspecified atom stereocenters. The van der Waals surface area contributed by atoms with Crippen LogP contribution in [-0.2, 0) is 10.4 Å². The normalized spacial score (nSPS) is 8.20. The molecule has 0 aromatic rings. The van der Waals surface area contributed by atoms with Crippen molar-refractivity contribution >= 4 is 61.8 Å². The predicted molar refractivity (Wildman–Crippen MR) is 28.7 cm³/mol. The number of rotatable bonds is 0. The summed E-state index contributed by atoms with van der Waals surface area (Å²) >= 11 is 0. The Morgan fingerprint density at radius 2 is 1.30 bits per heavy atom. The van der Waals surface area contributed by atoms with Gasteiger partial charge >= 0.3 is 10.4 Å². The summed E-state index contributed by atoms with van der Waals surface area (Å²) < 4.78 is 31.6. The van der Waals surface area contributed by atoms with Crippen molar-refractivity contribution < 1.29 is 27.8 Å². The molecule has 0 rings (SSSR count). The molecule has 0 spiro atoms. The van der Waals surface area contributed by atoms with E-state index < -0.39 is 15.5 Å². The van der Waals surface area contributed by atoms with Crippen LogP contribution in [0.4, 0.5) is 0 Å². The second kappa shape index (κ2) is 7.81. The minimum Gasteiger partial charge on any atom is -0.328 e. The zero-order valence-corrected chi connectivity index (χ0v) is 8.77. The maximum atomic E-state index is 8.74. The molecule has 0 aliphatic rings. The molecule has 10 heteroatoms. The van der Waals surface area contributed by atoms with Crippen LogP contribution >= 0.6 is 0 Å². The van der Waals surface area contributed by atoms with Crippen LogP contribution in [0.2, 0.25) is 0 Å². The Balaban J connectivity index is -0.0000000910. The van der Waals surface area contributed by atoms with Gasteiger partial charge in [-0.25, -0.2) is 0 Å². The molecule has 0 atom stereocenters. The van der Waals surface area contributed by atoms with Gasteiger partial charge in [-0.3, -0.25) is 9.11 Å². The maximum Gasteiger partial charge on any atom is 0.394 e. The van der Waals surface area contributed by atoms with Gasteiger partial charge in [0.1, 0.15) is 0 Å². The van der Waals surface area contributed by atoms with Gasteiger partial charge in [-0.2, -0.15) is 8.42 Å². The van der Waals surface area contributed by atoms with Crippen molar-refractivity contribution in [2.24, 2.45) is 0 Å². The molecule has 0 fully saturated rings. The standard InChI is InChI=1S/K.HNO3.H2O4S/c;2-1(3)4;1-5(2,3)4/h;(H,2,3,4);(H2,1,2,3,4). The fourth-order valence-electron chi connectivity index (χ4n) is 0. The quantitative estimate of drug-likeness (QED) is 0.189. The molecule has 0 saturated carbocycles. The topological polar surface area (TPSA) is 138 Å². The monoisotopic (exact) mass is 200 g/mol. The van der Waals surface area contributed by atoms with E-state index in [1.165, 1.54) is 0 Å². The first-order valence-electron chi connectivity index (χ1n) is 1.26. The first-order chi connectivity index (χ1) is 3.73. The number of hydrogen-bond acceptors (Lipinski definition) is 4. The maximum absolute atomic E-state index is 8.74. The van der Waals surface area contributed by atoms with Crippen molar-refractivity contribution in [3.05, 3.63) is 10.1 Å². The van der Waals surface area contributed by atoms with Crippen molar-refractivity contribution in [1.82, 2.24) is 0 Å². The summed E-state index contributed by atoms with van der Waals surface area (Å²) in [6.07, 6.45) is 0. The second-order valence-electron chi connectivity index (χ2n) is 0.686. The van der Waals surface area contributed by atoms with Gasteiger partial charge in [0, 0.05) is 51.4 Å². The molecule has 0 aromatic heterocycles. The van der Waals surface area contributed by atoms with Crippen LogP contribution in [0.1, 0.15) is 0 Å². The Morgan fingerprint density at radius 1 is 1.30 bits per heavy atom. The molecule has 0 amide bonds. The van der Waals surface area contributed by atoms with Gasteiger partial charge in [0.05, 0.1) is 0 Å². The molecular weight excluding hydrogens is 197 g/mol. The van der Waals surface area contributed by atoms with E-state index in [0.29, 0.717) is 0 Å². The predicted octanol–water partition coefficient (Wildman–Crippen LogP) is -1.38. The van der Waals surface area contributed by atoms with Gasteiger partial charge in [-0.15, -0.1) is 10.1 Å². The Morgan fingerprint density at radius 3 is 1.30 bits per heavy atom. The minimum absolute atomic E-state index is 0. The summed E-state index contributed by atoms with van der Waals surface area (Å²) in [6, 6.07) is 0. The molecule has 8 nitrogen and oxygen atoms in total. The van der Waals surface area contributed by atoms with Crippen molar-refractivity contribution in [2.45, 2.75) is 0 Å². The molecular formula is H3KNO7S. The zero-order chi connectivity index (χ0) is 8.08. The Bertz CT molecular complexity index is 156. The van der Waals surface area contributed by atoms with Gasteiger partial charge in [0.25, 0.3) is 5.09 Å². The summed E-state index contributed by atoms with van der Waals surface area (Å²) in [5.41, 5.74) is 0. The Hall–Kier alpha value is 0.706. The fourth-order valence-corrected chi connectivity index (χ4v) is 0. The largest absolute Gasteiger partial charge is 0.394 e. The molecule has 0 heterocycles. The third-order valence-electron chi connectivity index (χ3n) is 0. The van der Waals surface area contributed by atoms with E-state index in [2.05, 4.69) is 0 Å². The molecule has 10 heavy (non-hydrogen) atoms. The van der Waals surface area contributed by atoms with Crippen molar-refractivity contribution in [1.29, 1.82) is 0 Å². The van der Waals surface area contributed by atoms with Gasteiger partial charge in [-0.1, -0.05) is 0 Å². The van der Waals surface area contributed by atoms with Crippen molar-refractivity contribution in [2.75, 3.05) is 0 Å². The molecule has 1 radical (unpaired) electrons. The van der Waals surface area contributed by atoms with E-state index in [1.54, 1.807) is 0 Å². The first-order valence-corrected chi connectivity index (χ1v) is 2.66. The number of hydrogen-bond donors (Lipinski definition) is 3. The molecule has 0 aromatic carbocycles. The van der Waals surface area contributed by atoms with Crippen molar-refractivity contribution in [3.63, 3.8) is 0 Å². The van der Waals surface area contributed by atoms with Crippen LogP contribution < -0.4 is 0 Å². The van der Waals surface area contributed by atoms with E-state index in [-0.39, 0.29) is 51.4 Å². The van der Waals surface area contributed by atoms with Crippen LogP contribution in [0.15, 0.2) is 0 Å². The van der Waals surface area contributed by atoms with E-state index in [4.69, 9.17) is 32.8 Å². The minimum atomic E-state index is -4.67. The molecule has 0 saturated heterocycles. The molecule has 0 bridgehead atoms. The second-order valence-corrected chi connectivity index (χ2v) is 1.58. The summed E-state index contributed by atoms with van der Waals surface area (Å²) in [6.45, 7) is 0. The summed E-state index contributed by atoms with van der Waals surface area (Å²) in [7, 11) is -4.67. The van der Waals surface area contributed by atoms with Gasteiger partial charge in [0.2, 0.25) is 0 Å². The molecule has 0 aliphatic heterocycles. The smallest absolute Gasteiger partial charge is 0.328 e. The van der Waals surface area contributed by atoms with Crippen LogP contribution in [0.5, 0.6) is 0 Å². The van der Waals surface area contributed by atoms with E-state index in [1.807, 2.05) is 0 Å². The third-order valence-corrected chi connectivity index (χ3v) is 0. The van der Waals surface area contributed by atoms with Gasteiger partial charge in [-0.05, 0) is 0 Å². The molecule has 57 valence electrons. The zero-order valence-electron chi connectivity index (χ0n) is 4.83. The van der Waals surface area contributed by atoms with Crippen molar-refractivity contribution in [3.8, 4) is 0 Å². The average Bonchev–Trinajstić information content (AvgIpc) is 1.19. The van der Waals surface area contributed by atoms with E-state index >= 15 is 0 Å². The van der Waals surface area contributed by atoms with Gasteiger partial charge in [0.15, 0.2) is 0 Å².